The second-order valence-electron chi connectivity index (χ2n) is 2.89. The molecule has 0 heterocycles. The Balaban J connectivity index is 2.60. The summed E-state index contributed by atoms with van der Waals surface area (Å²) in [5, 5.41) is 0. The fraction of sp³-hybridized carbons (Fsp3) is 1.00. The van der Waals surface area contributed by atoms with Gasteiger partial charge in [-0.1, -0.05) is 0 Å². The van der Waals surface area contributed by atoms with Gasteiger partial charge >= 0.3 is 6.98 Å². The molecule has 1 nitrogen and oxygen atoms in total. The molecule has 1 aliphatic carbocycles. The Bertz CT molecular complexity index is 179. The zero-order chi connectivity index (χ0) is 9.57. The molecule has 0 saturated heterocycles. The minimum atomic E-state index is -5.43. The van der Waals surface area contributed by atoms with Crippen LogP contribution in [-0.4, -0.2) is 26.6 Å². The Morgan fingerprint density at radius 3 is 2.08 bits per heavy atom. The number of hydrogen-bond donors (Lipinski definition) is 0. The predicted octanol–water partition coefficient (Wildman–Crippen LogP) is 2.12. The highest BCUT2D eigenvalue weighted by atomic mass is 19.4. The summed E-state index contributed by atoms with van der Waals surface area (Å²) >= 11 is 0. The van der Waals surface area contributed by atoms with Gasteiger partial charge in [0.25, 0.3) is 0 Å². The van der Waals surface area contributed by atoms with E-state index in [0.29, 0.717) is 0 Å². The quantitative estimate of drug-likeness (QED) is 0.487. The molecule has 2 atom stereocenters. The molecule has 0 spiro atoms. The largest absolute Gasteiger partial charge is 0.487 e. The van der Waals surface area contributed by atoms with E-state index in [1.165, 1.54) is 0 Å². The Kier molecular flexibility index (Phi) is 2.10. The van der Waals surface area contributed by atoms with Crippen molar-refractivity contribution in [1.29, 1.82) is 0 Å². The van der Waals surface area contributed by atoms with Crippen LogP contribution in [0.4, 0.5) is 21.7 Å². The van der Waals surface area contributed by atoms with Crippen LogP contribution in [0.2, 0.25) is 5.82 Å². The average molecular weight is 189 g/mol. The molecule has 0 unspecified atom stereocenters. The van der Waals surface area contributed by atoms with Gasteiger partial charge in [-0.15, -0.1) is 0 Å². The van der Waals surface area contributed by atoms with Crippen LogP contribution in [0.5, 0.6) is 0 Å². The molecule has 0 aliphatic heterocycles. The molecule has 1 saturated carbocycles. The van der Waals surface area contributed by atoms with Crippen LogP contribution < -0.4 is 0 Å². The van der Waals surface area contributed by atoms with E-state index in [4.69, 9.17) is 0 Å². The zero-order valence-corrected chi connectivity index (χ0v) is 6.24. The van der Waals surface area contributed by atoms with Crippen LogP contribution in [0.15, 0.2) is 0 Å². The Morgan fingerprint density at radius 1 is 1.33 bits per heavy atom. The minimum absolute atomic E-state index is 0.529. The van der Waals surface area contributed by atoms with Crippen molar-refractivity contribution < 1.29 is 26.5 Å². The summed E-state index contributed by atoms with van der Waals surface area (Å²) in [7, 11) is 1.11. The summed E-state index contributed by atoms with van der Waals surface area (Å²) in [6.45, 7) is -5.96. The summed E-state index contributed by atoms with van der Waals surface area (Å²) in [5.74, 6) is -7.71. The molecule has 0 aromatic carbocycles. The summed E-state index contributed by atoms with van der Waals surface area (Å²) in [4.78, 5) is 0. The number of ether oxygens (including phenoxy) is 1. The number of rotatable bonds is 3. The van der Waals surface area contributed by atoms with Crippen molar-refractivity contribution in [3.63, 3.8) is 0 Å². The summed E-state index contributed by atoms with van der Waals surface area (Å²) in [6.07, 6.45) is 0. The van der Waals surface area contributed by atoms with Gasteiger partial charge in [-0.3, -0.25) is 0 Å². The highest BCUT2D eigenvalue weighted by Crippen LogP contribution is 2.65. The van der Waals surface area contributed by atoms with Gasteiger partial charge in [0.2, 0.25) is 5.92 Å². The molecular weight excluding hydrogens is 182 g/mol. The molecule has 0 radical (unpaired) electrons. The van der Waals surface area contributed by atoms with E-state index in [1.807, 2.05) is 0 Å². The van der Waals surface area contributed by atoms with Crippen LogP contribution in [0.1, 0.15) is 0 Å². The third kappa shape index (κ3) is 1.42. The second kappa shape index (κ2) is 2.58. The Morgan fingerprint density at radius 2 is 1.83 bits per heavy atom. The Labute approximate surface area is 65.9 Å². The van der Waals surface area contributed by atoms with Crippen molar-refractivity contribution in [1.82, 2.24) is 0 Å². The Hall–Kier alpha value is -0.325. The number of methoxy groups -OCH3 is 1. The van der Waals surface area contributed by atoms with E-state index >= 15 is 0 Å². The topological polar surface area (TPSA) is 9.23 Å². The van der Waals surface area contributed by atoms with Crippen molar-refractivity contribution in [2.24, 2.45) is 5.92 Å². The van der Waals surface area contributed by atoms with Gasteiger partial charge in [-0.05, 0) is 0 Å². The smallest absolute Gasteiger partial charge is 0.449 e. The predicted molar refractivity (Wildman–Crippen MR) is 33.1 cm³/mol. The van der Waals surface area contributed by atoms with E-state index in [-0.39, 0.29) is 0 Å². The first-order valence-corrected chi connectivity index (χ1v) is 3.38. The third-order valence-corrected chi connectivity index (χ3v) is 2.02. The molecule has 0 bridgehead atoms. The van der Waals surface area contributed by atoms with Gasteiger partial charge in [-0.25, -0.2) is 8.78 Å². The highest BCUT2D eigenvalue weighted by molar-refractivity contribution is 6.61. The first-order valence-electron chi connectivity index (χ1n) is 3.38. The number of alkyl halides is 2. The highest BCUT2D eigenvalue weighted by Gasteiger charge is 2.73. The number of hydrogen-bond acceptors (Lipinski definition) is 1. The minimum Gasteiger partial charge on any atom is -0.449 e. The fourth-order valence-corrected chi connectivity index (χ4v) is 1.33. The molecule has 0 amide bonds. The van der Waals surface area contributed by atoms with E-state index in [2.05, 4.69) is 4.74 Å². The fourth-order valence-electron chi connectivity index (χ4n) is 1.33. The maximum absolute atomic E-state index is 12.4. The molecular formula is C5H7BF5O-. The van der Waals surface area contributed by atoms with E-state index in [9.17, 15) is 21.7 Å². The van der Waals surface area contributed by atoms with Crippen LogP contribution in [0, 0.1) is 5.92 Å². The summed E-state index contributed by atoms with van der Waals surface area (Å²) in [6, 6.07) is 0. The van der Waals surface area contributed by atoms with Crippen molar-refractivity contribution in [2.75, 3.05) is 13.7 Å². The maximum Gasteiger partial charge on any atom is 0.487 e. The molecule has 0 aromatic rings. The molecule has 12 heavy (non-hydrogen) atoms. The van der Waals surface area contributed by atoms with Crippen molar-refractivity contribution in [3.05, 3.63) is 0 Å². The molecule has 0 N–H and O–H groups in total. The van der Waals surface area contributed by atoms with Crippen LogP contribution in [0.3, 0.4) is 0 Å². The van der Waals surface area contributed by atoms with Gasteiger partial charge in [0.05, 0.1) is 6.61 Å². The first-order chi connectivity index (χ1) is 5.31. The monoisotopic (exact) mass is 189 g/mol. The van der Waals surface area contributed by atoms with E-state index in [0.717, 1.165) is 7.11 Å². The second-order valence-corrected chi connectivity index (χ2v) is 2.89. The molecule has 1 aliphatic rings. The lowest BCUT2D eigenvalue weighted by Gasteiger charge is -2.11. The molecule has 72 valence electrons. The maximum atomic E-state index is 12.4. The van der Waals surface area contributed by atoms with Gasteiger partial charge in [0.15, 0.2) is 0 Å². The van der Waals surface area contributed by atoms with E-state index in [1.54, 1.807) is 0 Å². The SMILES string of the molecule is COC[C@H]1[C@H]([B-](F)(F)F)C1(F)F. The van der Waals surface area contributed by atoms with Gasteiger partial charge in [0.1, 0.15) is 0 Å². The van der Waals surface area contributed by atoms with Gasteiger partial charge < -0.3 is 17.7 Å². The van der Waals surface area contributed by atoms with Gasteiger partial charge in [0, 0.05) is 18.8 Å². The van der Waals surface area contributed by atoms with Crippen molar-refractivity contribution >= 4 is 6.98 Å². The summed E-state index contributed by atoms with van der Waals surface area (Å²) < 4.78 is 64.5. The number of halogens is 5. The van der Waals surface area contributed by atoms with Crippen LogP contribution >= 0.6 is 0 Å². The zero-order valence-electron chi connectivity index (χ0n) is 6.24. The van der Waals surface area contributed by atoms with Crippen molar-refractivity contribution in [3.8, 4) is 0 Å². The lowest BCUT2D eigenvalue weighted by atomic mass is 9.81. The van der Waals surface area contributed by atoms with E-state index < -0.39 is 31.2 Å². The van der Waals surface area contributed by atoms with Gasteiger partial charge in [-0.2, -0.15) is 0 Å². The average Bonchev–Trinajstić information content (AvgIpc) is 2.33. The van der Waals surface area contributed by atoms with Crippen LogP contribution in [-0.2, 0) is 4.74 Å². The molecule has 0 aromatic heterocycles. The van der Waals surface area contributed by atoms with Crippen molar-refractivity contribution in [2.45, 2.75) is 11.7 Å². The normalized spacial score (nSPS) is 33.5. The molecule has 1 fully saturated rings. The summed E-state index contributed by atoms with van der Waals surface area (Å²) in [5.41, 5.74) is 0. The third-order valence-electron chi connectivity index (χ3n) is 2.02. The lowest BCUT2D eigenvalue weighted by molar-refractivity contribution is 0.0692. The lowest BCUT2D eigenvalue weighted by Crippen LogP contribution is -2.18. The molecule has 1 rings (SSSR count). The van der Waals surface area contributed by atoms with Crippen LogP contribution in [0.25, 0.3) is 0 Å². The first kappa shape index (κ1) is 9.76. The standard InChI is InChI=1S/C5H7BF5O/c1-12-2-3-4(5(3,7)8)6(9,10)11/h3-4H,2H2,1H3/q-1/t3-,4-/m0/s1. The molecule has 7 heteroatoms.